The van der Waals surface area contributed by atoms with Gasteiger partial charge in [0.2, 0.25) is 5.95 Å². The Labute approximate surface area is 81.1 Å². The van der Waals surface area contributed by atoms with Crippen LogP contribution in [0.3, 0.4) is 0 Å². The highest BCUT2D eigenvalue weighted by atomic mass is 79.9. The van der Waals surface area contributed by atoms with Gasteiger partial charge in [-0.05, 0) is 22.0 Å². The van der Waals surface area contributed by atoms with Gasteiger partial charge >= 0.3 is 0 Å². The molecule has 3 nitrogen and oxygen atoms in total. The Morgan fingerprint density at radius 1 is 1.58 bits per heavy atom. The van der Waals surface area contributed by atoms with E-state index in [0.29, 0.717) is 4.47 Å². The maximum absolute atomic E-state index is 12.7. The average Bonchev–Trinajstić information content (AvgIpc) is 1.92. The molecule has 0 fully saturated rings. The first kappa shape index (κ1) is 9.88. The average molecular weight is 274 g/mol. The zero-order valence-corrected chi connectivity index (χ0v) is 8.62. The lowest BCUT2D eigenvalue weighted by Gasteiger charge is -1.96. The van der Waals surface area contributed by atoms with Gasteiger partial charge in [0.05, 0.1) is 0 Å². The zero-order valence-electron chi connectivity index (χ0n) is 5.46. The van der Waals surface area contributed by atoms with Crippen LogP contribution in [0.5, 0.6) is 0 Å². The van der Waals surface area contributed by atoms with Gasteiger partial charge in [0, 0.05) is 21.4 Å². The maximum Gasteiger partial charge on any atom is 0.265 e. The first-order valence-electron chi connectivity index (χ1n) is 2.67. The first-order chi connectivity index (χ1) is 5.41. The van der Waals surface area contributed by atoms with E-state index in [2.05, 4.69) is 20.9 Å². The van der Waals surface area contributed by atoms with Crippen molar-refractivity contribution in [3.8, 4) is 0 Å². The molecule has 0 unspecified atom stereocenters. The molecule has 0 spiro atoms. The van der Waals surface area contributed by atoms with E-state index in [4.69, 9.17) is 10.7 Å². The van der Waals surface area contributed by atoms with E-state index in [1.54, 1.807) is 0 Å². The van der Waals surface area contributed by atoms with Gasteiger partial charge in [-0.3, -0.25) is 0 Å². The molecule has 0 amide bonds. The molecule has 1 aromatic heterocycles. The Bertz CT molecular complexity index is 408. The Morgan fingerprint density at radius 3 is 2.58 bits per heavy atom. The summed E-state index contributed by atoms with van der Waals surface area (Å²) in [5, 5.41) is 0. The third-order valence-corrected chi connectivity index (χ3v) is 2.78. The number of nitrogens with zero attached hydrogens (tertiary/aromatic N) is 1. The molecule has 0 radical (unpaired) electrons. The molecular formula is C5H2BrClFNO2S. The standard InChI is InChI=1S/C5H2BrClFNO2S/c6-3-1-4(12(7,10)11)5(8)9-2-3/h1-2H. The van der Waals surface area contributed by atoms with E-state index >= 15 is 0 Å². The topological polar surface area (TPSA) is 47.0 Å². The monoisotopic (exact) mass is 273 g/mol. The van der Waals surface area contributed by atoms with E-state index in [1.165, 1.54) is 0 Å². The summed E-state index contributed by atoms with van der Waals surface area (Å²) in [6, 6.07) is 1.05. The fourth-order valence-corrected chi connectivity index (χ4v) is 1.90. The van der Waals surface area contributed by atoms with Gasteiger partial charge in [-0.25, -0.2) is 13.4 Å². The molecule has 1 heterocycles. The fraction of sp³-hybridized carbons (Fsp3) is 0. The van der Waals surface area contributed by atoms with Crippen LogP contribution in [0.1, 0.15) is 0 Å². The molecule has 0 atom stereocenters. The van der Waals surface area contributed by atoms with Crippen LogP contribution >= 0.6 is 26.6 Å². The normalized spacial score (nSPS) is 11.6. The Balaban J connectivity index is 3.43. The number of pyridine rings is 1. The van der Waals surface area contributed by atoms with Crippen molar-refractivity contribution in [3.63, 3.8) is 0 Å². The van der Waals surface area contributed by atoms with E-state index in [9.17, 15) is 12.8 Å². The summed E-state index contributed by atoms with van der Waals surface area (Å²) in [5.74, 6) is -1.10. The molecule has 0 aliphatic rings. The number of rotatable bonds is 1. The smallest absolute Gasteiger partial charge is 0.226 e. The molecule has 12 heavy (non-hydrogen) atoms. The Hall–Kier alpha value is -0.200. The third-order valence-electron chi connectivity index (χ3n) is 1.04. The largest absolute Gasteiger partial charge is 0.265 e. The minimum absolute atomic E-state index is 0.350. The molecule has 0 N–H and O–H groups in total. The first-order valence-corrected chi connectivity index (χ1v) is 5.77. The van der Waals surface area contributed by atoms with E-state index in [1.807, 2.05) is 0 Å². The van der Waals surface area contributed by atoms with Crippen LogP contribution in [0.15, 0.2) is 21.6 Å². The van der Waals surface area contributed by atoms with Crippen LogP contribution in [-0.2, 0) is 9.05 Å². The highest BCUT2D eigenvalue weighted by Crippen LogP contribution is 2.20. The predicted octanol–water partition coefficient (Wildman–Crippen LogP) is 1.91. The molecular weight excluding hydrogens is 272 g/mol. The van der Waals surface area contributed by atoms with Crippen LogP contribution in [0.4, 0.5) is 4.39 Å². The molecule has 0 aliphatic carbocycles. The number of halogens is 3. The van der Waals surface area contributed by atoms with E-state index < -0.39 is 19.9 Å². The number of hydrogen-bond donors (Lipinski definition) is 0. The number of hydrogen-bond acceptors (Lipinski definition) is 3. The van der Waals surface area contributed by atoms with Crippen LogP contribution in [0.25, 0.3) is 0 Å². The molecule has 0 bridgehead atoms. The summed E-state index contributed by atoms with van der Waals surface area (Å²) >= 11 is 2.94. The summed E-state index contributed by atoms with van der Waals surface area (Å²) in [6.07, 6.45) is 1.14. The second kappa shape index (κ2) is 3.27. The van der Waals surface area contributed by atoms with Crippen molar-refractivity contribution in [1.82, 2.24) is 4.98 Å². The molecule has 0 saturated carbocycles. The van der Waals surface area contributed by atoms with Gasteiger partial charge in [-0.2, -0.15) is 4.39 Å². The SMILES string of the molecule is O=S(=O)(Cl)c1cc(Br)cnc1F. The second-order valence-corrected chi connectivity index (χ2v) is 5.33. The van der Waals surface area contributed by atoms with Crippen molar-refractivity contribution in [2.75, 3.05) is 0 Å². The zero-order chi connectivity index (χ0) is 9.35. The minimum atomic E-state index is -4.05. The van der Waals surface area contributed by atoms with E-state index in [0.717, 1.165) is 12.3 Å². The van der Waals surface area contributed by atoms with Gasteiger partial charge in [0.1, 0.15) is 4.90 Å². The van der Waals surface area contributed by atoms with Gasteiger partial charge in [-0.15, -0.1) is 0 Å². The lowest BCUT2D eigenvalue weighted by molar-refractivity contribution is 0.542. The van der Waals surface area contributed by atoms with Crippen molar-refractivity contribution in [2.24, 2.45) is 0 Å². The highest BCUT2D eigenvalue weighted by Gasteiger charge is 2.17. The van der Waals surface area contributed by atoms with Crippen LogP contribution in [-0.4, -0.2) is 13.4 Å². The van der Waals surface area contributed by atoms with Gasteiger partial charge < -0.3 is 0 Å². The molecule has 0 saturated heterocycles. The van der Waals surface area contributed by atoms with Crippen molar-refractivity contribution in [2.45, 2.75) is 4.90 Å². The van der Waals surface area contributed by atoms with E-state index in [-0.39, 0.29) is 0 Å². The second-order valence-electron chi connectivity index (χ2n) is 1.88. The molecule has 0 aromatic carbocycles. The summed E-state index contributed by atoms with van der Waals surface area (Å²) in [5.41, 5.74) is 0. The quantitative estimate of drug-likeness (QED) is 0.580. The summed E-state index contributed by atoms with van der Waals surface area (Å²) < 4.78 is 34.4. The van der Waals surface area contributed by atoms with Crippen molar-refractivity contribution < 1.29 is 12.8 Å². The summed E-state index contributed by atoms with van der Waals surface area (Å²) in [4.78, 5) is 2.54. The number of aromatic nitrogens is 1. The highest BCUT2D eigenvalue weighted by molar-refractivity contribution is 9.10. The van der Waals surface area contributed by atoms with Crippen molar-refractivity contribution >= 4 is 35.7 Å². The van der Waals surface area contributed by atoms with Gasteiger partial charge in [0.25, 0.3) is 9.05 Å². The Kier molecular flexibility index (Phi) is 2.70. The third kappa shape index (κ3) is 2.15. The summed E-state index contributed by atoms with van der Waals surface area (Å²) in [7, 11) is 0.856. The van der Waals surface area contributed by atoms with Crippen molar-refractivity contribution in [3.05, 3.63) is 22.7 Å². The van der Waals surface area contributed by atoms with Gasteiger partial charge in [0.15, 0.2) is 0 Å². The summed E-state index contributed by atoms with van der Waals surface area (Å²) in [6.45, 7) is 0. The molecule has 0 aliphatic heterocycles. The van der Waals surface area contributed by atoms with Crippen molar-refractivity contribution in [1.29, 1.82) is 0 Å². The molecule has 1 rings (SSSR count). The lowest BCUT2D eigenvalue weighted by atomic mass is 10.5. The van der Waals surface area contributed by atoms with Gasteiger partial charge in [-0.1, -0.05) is 0 Å². The minimum Gasteiger partial charge on any atom is -0.226 e. The molecule has 1 aromatic rings. The molecule has 7 heteroatoms. The van der Waals surface area contributed by atoms with Crippen LogP contribution in [0, 0.1) is 5.95 Å². The lowest BCUT2D eigenvalue weighted by Crippen LogP contribution is -1.97. The Morgan fingerprint density at radius 2 is 2.17 bits per heavy atom. The predicted molar refractivity (Wildman–Crippen MR) is 44.9 cm³/mol. The van der Waals surface area contributed by atoms with Crippen LogP contribution in [0.2, 0.25) is 0 Å². The fourth-order valence-electron chi connectivity index (χ4n) is 0.575. The molecule has 66 valence electrons. The maximum atomic E-state index is 12.7. The van der Waals surface area contributed by atoms with Crippen LogP contribution < -0.4 is 0 Å².